The number of nitro groups is 1. The molecule has 1 aliphatic heterocycles. The lowest BCUT2D eigenvalue weighted by Gasteiger charge is -2.19. The van der Waals surface area contributed by atoms with Crippen LogP contribution in [0.3, 0.4) is 0 Å². The van der Waals surface area contributed by atoms with Crippen molar-refractivity contribution in [3.63, 3.8) is 0 Å². The van der Waals surface area contributed by atoms with Crippen molar-refractivity contribution in [3.05, 3.63) is 69.5 Å². The van der Waals surface area contributed by atoms with Gasteiger partial charge in [-0.1, -0.05) is 6.07 Å². The van der Waals surface area contributed by atoms with Gasteiger partial charge in [0.1, 0.15) is 5.82 Å². The molecular weight excluding hydrogens is 443 g/mol. The minimum atomic E-state index is -1.17. The zero-order valence-corrected chi connectivity index (χ0v) is 17.9. The molecule has 168 valence electrons. The number of rotatable bonds is 8. The first-order chi connectivity index (χ1) is 15.2. The third-order valence-corrected chi connectivity index (χ3v) is 5.43. The lowest BCUT2D eigenvalue weighted by atomic mass is 10.0. The molecule has 1 saturated heterocycles. The average Bonchev–Trinajstić information content (AvgIpc) is 3.15. The highest BCUT2D eigenvalue weighted by Gasteiger charge is 2.38. The van der Waals surface area contributed by atoms with Gasteiger partial charge in [0.25, 0.3) is 5.69 Å². The van der Waals surface area contributed by atoms with Gasteiger partial charge in [0, 0.05) is 42.5 Å². The third kappa shape index (κ3) is 5.11. The molecule has 10 heteroatoms. The van der Waals surface area contributed by atoms with Crippen molar-refractivity contribution in [2.45, 2.75) is 25.9 Å². The Labute approximate surface area is 188 Å². The molecule has 1 fully saturated rings. The van der Waals surface area contributed by atoms with Crippen LogP contribution in [-0.2, 0) is 14.3 Å². The summed E-state index contributed by atoms with van der Waals surface area (Å²) in [5.41, 5.74) is 0.797. The van der Waals surface area contributed by atoms with E-state index in [1.807, 2.05) is 0 Å². The molecule has 1 heterocycles. The summed E-state index contributed by atoms with van der Waals surface area (Å²) >= 11 is 5.75. The van der Waals surface area contributed by atoms with Gasteiger partial charge in [0.15, 0.2) is 6.10 Å². The van der Waals surface area contributed by atoms with E-state index >= 15 is 0 Å². The van der Waals surface area contributed by atoms with Gasteiger partial charge in [-0.2, -0.15) is 0 Å². The largest absolute Gasteiger partial charge is 0.454 e. The molecule has 0 aliphatic carbocycles. The number of carbonyl (C=O) groups is 3. The van der Waals surface area contributed by atoms with Crippen molar-refractivity contribution in [2.75, 3.05) is 17.3 Å². The number of hydrogen-bond acceptors (Lipinski definition) is 6. The SMILES string of the molecule is Cc1ccc(N2C[C@@H](C(=O)O[C@H](CCCl)C(=O)c3ccc(F)cc3)CC2=O)cc1[N+](=O)[O-]. The molecule has 3 rings (SSSR count). The first-order valence-corrected chi connectivity index (χ1v) is 10.4. The number of esters is 1. The predicted octanol–water partition coefficient (Wildman–Crippen LogP) is 3.82. The molecular formula is C22H20ClFN2O6. The fourth-order valence-corrected chi connectivity index (χ4v) is 3.65. The summed E-state index contributed by atoms with van der Waals surface area (Å²) in [7, 11) is 0. The Morgan fingerprint density at radius 3 is 2.59 bits per heavy atom. The van der Waals surface area contributed by atoms with Crippen LogP contribution in [0.5, 0.6) is 0 Å². The molecule has 2 atom stereocenters. The minimum Gasteiger partial charge on any atom is -0.454 e. The van der Waals surface area contributed by atoms with E-state index in [-0.39, 0.29) is 42.4 Å². The molecule has 8 nitrogen and oxygen atoms in total. The first-order valence-electron chi connectivity index (χ1n) is 9.83. The summed E-state index contributed by atoms with van der Waals surface area (Å²) in [6.07, 6.45) is -1.27. The van der Waals surface area contributed by atoms with Gasteiger partial charge in [-0.15, -0.1) is 11.6 Å². The van der Waals surface area contributed by atoms with Crippen molar-refractivity contribution >= 4 is 40.6 Å². The molecule has 0 aromatic heterocycles. The Morgan fingerprint density at radius 1 is 1.28 bits per heavy atom. The Balaban J connectivity index is 1.72. The van der Waals surface area contributed by atoms with Crippen molar-refractivity contribution in [1.82, 2.24) is 0 Å². The number of nitrogens with zero attached hydrogens (tertiary/aromatic N) is 2. The Morgan fingerprint density at radius 2 is 1.97 bits per heavy atom. The minimum absolute atomic E-state index is 0.0315. The quantitative estimate of drug-likeness (QED) is 0.194. The summed E-state index contributed by atoms with van der Waals surface area (Å²) in [5.74, 6) is -2.95. The molecule has 0 saturated carbocycles. The second-order valence-electron chi connectivity index (χ2n) is 7.41. The number of carbonyl (C=O) groups excluding carboxylic acids is 3. The van der Waals surface area contributed by atoms with Crippen LogP contribution in [0.4, 0.5) is 15.8 Å². The van der Waals surface area contributed by atoms with E-state index in [1.165, 1.54) is 29.2 Å². The number of benzene rings is 2. The van der Waals surface area contributed by atoms with Crippen LogP contribution in [0.25, 0.3) is 0 Å². The van der Waals surface area contributed by atoms with E-state index in [4.69, 9.17) is 16.3 Å². The summed E-state index contributed by atoms with van der Waals surface area (Å²) in [5, 5.41) is 11.2. The van der Waals surface area contributed by atoms with Crippen molar-refractivity contribution in [2.24, 2.45) is 5.92 Å². The van der Waals surface area contributed by atoms with Gasteiger partial charge in [-0.25, -0.2) is 4.39 Å². The average molecular weight is 463 g/mol. The fourth-order valence-electron chi connectivity index (χ4n) is 3.46. The summed E-state index contributed by atoms with van der Waals surface area (Å²) in [6.45, 7) is 1.55. The van der Waals surface area contributed by atoms with E-state index < -0.39 is 34.5 Å². The smallest absolute Gasteiger partial charge is 0.312 e. The van der Waals surface area contributed by atoms with Crippen LogP contribution < -0.4 is 4.90 Å². The number of amides is 1. The molecule has 0 unspecified atom stereocenters. The molecule has 0 spiro atoms. The van der Waals surface area contributed by atoms with E-state index in [2.05, 4.69) is 0 Å². The highest BCUT2D eigenvalue weighted by Crippen LogP contribution is 2.30. The van der Waals surface area contributed by atoms with Gasteiger partial charge < -0.3 is 9.64 Å². The molecule has 32 heavy (non-hydrogen) atoms. The van der Waals surface area contributed by atoms with E-state index in [0.717, 1.165) is 12.1 Å². The number of anilines is 1. The first kappa shape index (κ1) is 23.3. The highest BCUT2D eigenvalue weighted by atomic mass is 35.5. The Kier molecular flexibility index (Phi) is 7.19. The van der Waals surface area contributed by atoms with Gasteiger partial charge in [0.05, 0.1) is 16.5 Å². The molecule has 2 aromatic rings. The molecule has 0 N–H and O–H groups in total. The van der Waals surface area contributed by atoms with E-state index in [0.29, 0.717) is 11.3 Å². The Hall–Kier alpha value is -3.33. The molecule has 1 amide bonds. The molecule has 0 radical (unpaired) electrons. The number of nitro benzene ring substituents is 1. The summed E-state index contributed by atoms with van der Waals surface area (Å²) < 4.78 is 18.5. The summed E-state index contributed by atoms with van der Waals surface area (Å²) in [6, 6.07) is 9.22. The number of alkyl halides is 1. The second kappa shape index (κ2) is 9.86. The fraction of sp³-hybridized carbons (Fsp3) is 0.318. The van der Waals surface area contributed by atoms with Crippen LogP contribution in [0, 0.1) is 28.8 Å². The number of aryl methyl sites for hydroxylation is 1. The maximum atomic E-state index is 13.1. The van der Waals surface area contributed by atoms with Gasteiger partial charge in [-0.3, -0.25) is 24.5 Å². The van der Waals surface area contributed by atoms with Crippen molar-refractivity contribution < 1.29 is 28.4 Å². The predicted molar refractivity (Wildman–Crippen MR) is 114 cm³/mol. The number of Topliss-reactive ketones (excluding diaryl/α,β-unsaturated/α-hetero) is 1. The van der Waals surface area contributed by atoms with Crippen LogP contribution in [0.15, 0.2) is 42.5 Å². The maximum absolute atomic E-state index is 13.1. The summed E-state index contributed by atoms with van der Waals surface area (Å²) in [4.78, 5) is 49.8. The number of ether oxygens (including phenoxy) is 1. The van der Waals surface area contributed by atoms with E-state index in [1.54, 1.807) is 13.0 Å². The molecule has 0 bridgehead atoms. The standard InChI is InChI=1S/C22H20ClFN2O6/c1-13-2-7-17(11-18(13)26(30)31)25-12-15(10-20(25)27)22(29)32-19(8-9-23)21(28)14-3-5-16(24)6-4-14/h2-7,11,15,19H,8-10,12H2,1H3/t15-,19+/m0/s1. The topological polar surface area (TPSA) is 107 Å². The van der Waals surface area contributed by atoms with Crippen LogP contribution in [0.2, 0.25) is 0 Å². The Bertz CT molecular complexity index is 1060. The van der Waals surface area contributed by atoms with Crippen LogP contribution in [-0.4, -0.2) is 41.1 Å². The monoisotopic (exact) mass is 462 g/mol. The second-order valence-corrected chi connectivity index (χ2v) is 7.79. The lowest BCUT2D eigenvalue weighted by molar-refractivity contribution is -0.385. The highest BCUT2D eigenvalue weighted by molar-refractivity contribution is 6.18. The van der Waals surface area contributed by atoms with Crippen molar-refractivity contribution in [3.8, 4) is 0 Å². The molecule has 2 aromatic carbocycles. The van der Waals surface area contributed by atoms with Gasteiger partial charge in [0.2, 0.25) is 11.7 Å². The maximum Gasteiger partial charge on any atom is 0.312 e. The normalized spacial score (nSPS) is 16.7. The molecule has 1 aliphatic rings. The van der Waals surface area contributed by atoms with Gasteiger partial charge >= 0.3 is 5.97 Å². The number of hydrogen-bond donors (Lipinski definition) is 0. The third-order valence-electron chi connectivity index (χ3n) is 5.21. The van der Waals surface area contributed by atoms with Crippen LogP contribution >= 0.6 is 11.6 Å². The zero-order chi connectivity index (χ0) is 23.4. The number of ketones is 1. The number of halogens is 2. The van der Waals surface area contributed by atoms with Crippen molar-refractivity contribution in [1.29, 1.82) is 0 Å². The lowest BCUT2D eigenvalue weighted by Crippen LogP contribution is -2.32. The van der Waals surface area contributed by atoms with Crippen LogP contribution in [0.1, 0.15) is 28.8 Å². The van der Waals surface area contributed by atoms with E-state index in [9.17, 15) is 28.9 Å². The van der Waals surface area contributed by atoms with Gasteiger partial charge in [-0.05, 0) is 37.3 Å². The zero-order valence-electron chi connectivity index (χ0n) is 17.1.